The third-order valence-electron chi connectivity index (χ3n) is 5.30. The summed E-state index contributed by atoms with van der Waals surface area (Å²) in [4.78, 5) is 21.9. The van der Waals surface area contributed by atoms with E-state index in [0.29, 0.717) is 6.04 Å². The van der Waals surface area contributed by atoms with Gasteiger partial charge in [0.15, 0.2) is 0 Å². The fourth-order valence-electron chi connectivity index (χ4n) is 3.80. The second kappa shape index (κ2) is 5.46. The summed E-state index contributed by atoms with van der Waals surface area (Å²) >= 11 is 1.88. The number of hydrogen-bond donors (Lipinski definition) is 1. The Labute approximate surface area is 144 Å². The minimum Gasteiger partial charge on any atom is -0.361 e. The topological polar surface area (TPSA) is 39.3 Å². The third-order valence-corrected chi connectivity index (χ3v) is 6.33. The minimum absolute atomic E-state index is 0.155. The molecule has 2 aliphatic heterocycles. The van der Waals surface area contributed by atoms with Crippen LogP contribution in [0.5, 0.6) is 0 Å². The molecular formula is C19H19N3OS. The van der Waals surface area contributed by atoms with Crippen LogP contribution in [-0.2, 0) is 13.0 Å². The maximum Gasteiger partial charge on any atom is 0.253 e. The van der Waals surface area contributed by atoms with Gasteiger partial charge in [0, 0.05) is 59.8 Å². The molecule has 2 aliphatic rings. The van der Waals surface area contributed by atoms with E-state index >= 15 is 0 Å². The summed E-state index contributed by atoms with van der Waals surface area (Å²) in [5.41, 5.74) is 3.35. The zero-order valence-corrected chi connectivity index (χ0v) is 14.2. The normalized spacial score (nSPS) is 18.6. The standard InChI is InChI=1S/C19H19N3OS/c23-19(14-1-2-17-13(9-14)3-6-20-17)22-11-16(12-22)21-7-4-18-15(10-21)5-8-24-18/h1-3,5-6,8-9,16,20H,4,7,10-12H2. The Morgan fingerprint density at radius 1 is 1.21 bits per heavy atom. The second-order valence-corrected chi connectivity index (χ2v) is 7.73. The molecule has 24 heavy (non-hydrogen) atoms. The fourth-order valence-corrected chi connectivity index (χ4v) is 4.69. The predicted octanol–water partition coefficient (Wildman–Crippen LogP) is 3.11. The Kier molecular flexibility index (Phi) is 3.24. The van der Waals surface area contributed by atoms with Gasteiger partial charge >= 0.3 is 0 Å². The van der Waals surface area contributed by atoms with Crippen molar-refractivity contribution in [2.24, 2.45) is 0 Å². The van der Waals surface area contributed by atoms with Crippen LogP contribution >= 0.6 is 11.3 Å². The number of benzene rings is 1. The largest absolute Gasteiger partial charge is 0.361 e. The first kappa shape index (κ1) is 14.3. The van der Waals surface area contributed by atoms with Gasteiger partial charge in [-0.05, 0) is 47.7 Å². The first-order valence-corrected chi connectivity index (χ1v) is 9.31. The maximum atomic E-state index is 12.7. The van der Waals surface area contributed by atoms with Crippen molar-refractivity contribution in [3.05, 3.63) is 57.9 Å². The zero-order valence-electron chi connectivity index (χ0n) is 13.4. The monoisotopic (exact) mass is 337 g/mol. The number of hydrogen-bond acceptors (Lipinski definition) is 3. The molecule has 0 atom stereocenters. The van der Waals surface area contributed by atoms with Crippen LogP contribution in [0.25, 0.3) is 10.9 Å². The molecule has 3 aromatic rings. The lowest BCUT2D eigenvalue weighted by Gasteiger charge is -2.46. The van der Waals surface area contributed by atoms with Crippen LogP contribution in [0.15, 0.2) is 41.9 Å². The Hall–Kier alpha value is -2.11. The van der Waals surface area contributed by atoms with Gasteiger partial charge in [-0.25, -0.2) is 0 Å². The summed E-state index contributed by atoms with van der Waals surface area (Å²) in [6.45, 7) is 3.86. The van der Waals surface area contributed by atoms with E-state index in [2.05, 4.69) is 21.3 Å². The van der Waals surface area contributed by atoms with Gasteiger partial charge in [0.1, 0.15) is 0 Å². The minimum atomic E-state index is 0.155. The zero-order chi connectivity index (χ0) is 16.1. The van der Waals surface area contributed by atoms with E-state index in [1.165, 1.54) is 5.56 Å². The number of fused-ring (bicyclic) bond motifs is 2. The van der Waals surface area contributed by atoms with Gasteiger partial charge in [0.25, 0.3) is 5.91 Å². The molecule has 1 amide bonds. The molecule has 1 fully saturated rings. The molecule has 1 aromatic carbocycles. The van der Waals surface area contributed by atoms with Crippen molar-refractivity contribution in [3.63, 3.8) is 0 Å². The molecule has 5 heteroatoms. The molecular weight excluding hydrogens is 318 g/mol. The van der Waals surface area contributed by atoms with Crippen molar-refractivity contribution in [2.45, 2.75) is 19.0 Å². The molecule has 0 aliphatic carbocycles. The van der Waals surface area contributed by atoms with Crippen LogP contribution in [0.2, 0.25) is 0 Å². The number of thiophene rings is 1. The Morgan fingerprint density at radius 2 is 2.12 bits per heavy atom. The van der Waals surface area contributed by atoms with E-state index in [0.717, 1.165) is 49.1 Å². The van der Waals surface area contributed by atoms with Gasteiger partial charge in [0.2, 0.25) is 0 Å². The summed E-state index contributed by atoms with van der Waals surface area (Å²) in [6, 6.07) is 10.7. The highest BCUT2D eigenvalue weighted by Gasteiger charge is 2.36. The average Bonchev–Trinajstić information content (AvgIpc) is 3.21. The molecule has 0 bridgehead atoms. The lowest BCUT2D eigenvalue weighted by Crippen LogP contribution is -2.61. The van der Waals surface area contributed by atoms with Crippen molar-refractivity contribution in [1.29, 1.82) is 0 Å². The highest BCUT2D eigenvalue weighted by atomic mass is 32.1. The van der Waals surface area contributed by atoms with Crippen LogP contribution in [0.3, 0.4) is 0 Å². The van der Waals surface area contributed by atoms with Crippen LogP contribution < -0.4 is 0 Å². The van der Waals surface area contributed by atoms with Crippen molar-refractivity contribution in [1.82, 2.24) is 14.8 Å². The summed E-state index contributed by atoms with van der Waals surface area (Å²) in [5, 5.41) is 3.29. The first-order chi connectivity index (χ1) is 11.8. The van der Waals surface area contributed by atoms with E-state index in [4.69, 9.17) is 0 Å². The van der Waals surface area contributed by atoms with Crippen LogP contribution in [0.4, 0.5) is 0 Å². The molecule has 4 nitrogen and oxygen atoms in total. The molecule has 4 heterocycles. The van der Waals surface area contributed by atoms with Crippen molar-refractivity contribution in [3.8, 4) is 0 Å². The number of likely N-dealkylation sites (tertiary alicyclic amines) is 1. The number of nitrogens with one attached hydrogen (secondary N) is 1. The van der Waals surface area contributed by atoms with E-state index in [-0.39, 0.29) is 5.91 Å². The van der Waals surface area contributed by atoms with Crippen molar-refractivity contribution >= 4 is 28.1 Å². The molecule has 122 valence electrons. The first-order valence-electron chi connectivity index (χ1n) is 8.43. The van der Waals surface area contributed by atoms with Crippen molar-refractivity contribution < 1.29 is 4.79 Å². The Bertz CT molecular complexity index is 906. The lowest BCUT2D eigenvalue weighted by atomic mass is 10.0. The third kappa shape index (κ3) is 2.27. The predicted molar refractivity (Wildman–Crippen MR) is 96.4 cm³/mol. The molecule has 0 saturated carbocycles. The number of nitrogens with zero attached hydrogens (tertiary/aromatic N) is 2. The van der Waals surface area contributed by atoms with Gasteiger partial charge in [-0.3, -0.25) is 9.69 Å². The van der Waals surface area contributed by atoms with Gasteiger partial charge < -0.3 is 9.88 Å². The average molecular weight is 337 g/mol. The van der Waals surface area contributed by atoms with Crippen LogP contribution in [-0.4, -0.2) is 46.4 Å². The number of rotatable bonds is 2. The molecule has 0 spiro atoms. The summed E-state index contributed by atoms with van der Waals surface area (Å²) in [6.07, 6.45) is 3.06. The molecule has 2 aromatic heterocycles. The summed E-state index contributed by atoms with van der Waals surface area (Å²) in [7, 11) is 0. The number of amides is 1. The smallest absolute Gasteiger partial charge is 0.253 e. The molecule has 0 radical (unpaired) electrons. The highest BCUT2D eigenvalue weighted by Crippen LogP contribution is 2.28. The Morgan fingerprint density at radius 3 is 3.04 bits per heavy atom. The second-order valence-electron chi connectivity index (χ2n) is 6.73. The Balaban J connectivity index is 1.25. The van der Waals surface area contributed by atoms with Crippen LogP contribution in [0.1, 0.15) is 20.8 Å². The number of H-pyrrole nitrogens is 1. The van der Waals surface area contributed by atoms with Crippen molar-refractivity contribution in [2.75, 3.05) is 19.6 Å². The van der Waals surface area contributed by atoms with E-state index in [9.17, 15) is 4.79 Å². The summed E-state index contributed by atoms with van der Waals surface area (Å²) < 4.78 is 0. The molecule has 1 saturated heterocycles. The highest BCUT2D eigenvalue weighted by molar-refractivity contribution is 7.10. The molecule has 0 unspecified atom stereocenters. The number of aromatic nitrogens is 1. The van der Waals surface area contributed by atoms with Gasteiger partial charge in [-0.1, -0.05) is 0 Å². The number of carbonyl (C=O) groups is 1. The quantitative estimate of drug-likeness (QED) is 0.780. The van der Waals surface area contributed by atoms with E-state index in [1.54, 1.807) is 4.88 Å². The SMILES string of the molecule is O=C(c1ccc2[nH]ccc2c1)N1CC(N2CCc3sccc3C2)C1. The molecule has 5 rings (SSSR count). The van der Waals surface area contributed by atoms with Crippen LogP contribution in [0, 0.1) is 0 Å². The van der Waals surface area contributed by atoms with E-state index < -0.39 is 0 Å². The summed E-state index contributed by atoms with van der Waals surface area (Å²) in [5.74, 6) is 0.155. The van der Waals surface area contributed by atoms with Gasteiger partial charge in [0.05, 0.1) is 0 Å². The molecule has 1 N–H and O–H groups in total. The fraction of sp³-hybridized carbons (Fsp3) is 0.316. The van der Waals surface area contributed by atoms with E-state index in [1.807, 2.05) is 46.7 Å². The maximum absolute atomic E-state index is 12.7. The number of aromatic amines is 1. The van der Waals surface area contributed by atoms with Gasteiger partial charge in [-0.15, -0.1) is 11.3 Å². The van der Waals surface area contributed by atoms with Gasteiger partial charge in [-0.2, -0.15) is 0 Å². The lowest BCUT2D eigenvalue weighted by molar-refractivity contribution is 0.0221. The number of carbonyl (C=O) groups excluding carboxylic acids is 1.